The highest BCUT2D eigenvalue weighted by Crippen LogP contribution is 2.26. The summed E-state index contributed by atoms with van der Waals surface area (Å²) in [6.07, 6.45) is 0.888. The summed E-state index contributed by atoms with van der Waals surface area (Å²) in [5, 5.41) is 2.86. The van der Waals surface area contributed by atoms with Gasteiger partial charge in [-0.1, -0.05) is 24.3 Å². The van der Waals surface area contributed by atoms with Gasteiger partial charge in [-0.15, -0.1) is 0 Å². The van der Waals surface area contributed by atoms with E-state index in [4.69, 9.17) is 4.74 Å². The van der Waals surface area contributed by atoms with Crippen LogP contribution in [0.2, 0.25) is 0 Å². The number of rotatable bonds is 7. The van der Waals surface area contributed by atoms with Crippen LogP contribution in [0.1, 0.15) is 19.8 Å². The highest BCUT2D eigenvalue weighted by molar-refractivity contribution is 7.89. The van der Waals surface area contributed by atoms with Crippen LogP contribution in [0.15, 0.2) is 53.4 Å². The van der Waals surface area contributed by atoms with E-state index in [1.165, 1.54) is 31.1 Å². The van der Waals surface area contributed by atoms with E-state index in [2.05, 4.69) is 10.0 Å². The minimum atomic E-state index is -4.19. The Labute approximate surface area is 186 Å². The van der Waals surface area contributed by atoms with Gasteiger partial charge in [-0.05, 0) is 44.0 Å². The molecule has 3 rings (SSSR count). The molecule has 1 atom stereocenters. The first kappa shape index (κ1) is 23.7. The van der Waals surface area contributed by atoms with E-state index in [0.29, 0.717) is 37.4 Å². The fourth-order valence-corrected chi connectivity index (χ4v) is 4.90. The summed E-state index contributed by atoms with van der Waals surface area (Å²) in [7, 11) is -2.66. The van der Waals surface area contributed by atoms with Crippen LogP contribution in [0.5, 0.6) is 5.75 Å². The smallest absolute Gasteiger partial charge is 0.244 e. The van der Waals surface area contributed by atoms with Crippen LogP contribution in [0, 0.1) is 11.7 Å². The lowest BCUT2D eigenvalue weighted by Gasteiger charge is -2.33. The van der Waals surface area contributed by atoms with Crippen molar-refractivity contribution < 1.29 is 27.1 Å². The number of piperidine rings is 1. The van der Waals surface area contributed by atoms with Crippen molar-refractivity contribution in [2.75, 3.05) is 25.5 Å². The molecule has 2 N–H and O–H groups in total. The largest absolute Gasteiger partial charge is 0.495 e. The van der Waals surface area contributed by atoms with Crippen molar-refractivity contribution >= 4 is 27.5 Å². The van der Waals surface area contributed by atoms with Crippen molar-refractivity contribution in [2.24, 2.45) is 5.92 Å². The van der Waals surface area contributed by atoms with Crippen molar-refractivity contribution in [1.82, 2.24) is 9.62 Å². The van der Waals surface area contributed by atoms with E-state index in [0.717, 1.165) is 12.1 Å². The number of nitrogens with one attached hydrogen (secondary N) is 2. The highest BCUT2D eigenvalue weighted by atomic mass is 32.2. The molecule has 0 unspecified atom stereocenters. The van der Waals surface area contributed by atoms with Crippen LogP contribution in [-0.4, -0.2) is 51.4 Å². The van der Waals surface area contributed by atoms with Gasteiger partial charge in [0.25, 0.3) is 0 Å². The zero-order chi connectivity index (χ0) is 23.3. The average molecular weight is 464 g/mol. The Morgan fingerprint density at radius 3 is 2.38 bits per heavy atom. The number of hydrogen-bond donors (Lipinski definition) is 2. The number of anilines is 1. The molecule has 1 fully saturated rings. The van der Waals surface area contributed by atoms with Crippen LogP contribution in [0.3, 0.4) is 0 Å². The zero-order valence-corrected chi connectivity index (χ0v) is 18.7. The second-order valence-corrected chi connectivity index (χ2v) is 9.24. The molecule has 2 aromatic carbocycles. The van der Waals surface area contributed by atoms with E-state index in [1.807, 2.05) is 0 Å². The standard InChI is InChI=1S/C22H26FN3O5S/c1-15(25-32(29,30)20-10-6-3-7-17(20)23)22(28)26-13-11-16(12-14-26)21(27)24-18-8-4-5-9-19(18)31-2/h3-10,15-16,25H,11-14H2,1-2H3,(H,24,27)/t15-/m0/s1. The minimum absolute atomic E-state index is 0.157. The van der Waals surface area contributed by atoms with Crippen molar-refractivity contribution in [3.8, 4) is 5.75 Å². The maximum atomic E-state index is 13.9. The maximum Gasteiger partial charge on any atom is 0.244 e. The third kappa shape index (κ3) is 5.43. The molecule has 0 aliphatic carbocycles. The van der Waals surface area contributed by atoms with E-state index in [1.54, 1.807) is 24.3 Å². The Morgan fingerprint density at radius 2 is 1.72 bits per heavy atom. The second-order valence-electron chi connectivity index (χ2n) is 7.56. The predicted molar refractivity (Wildman–Crippen MR) is 117 cm³/mol. The molecule has 2 amide bonds. The number of hydrogen-bond acceptors (Lipinski definition) is 5. The molecule has 1 aliphatic rings. The van der Waals surface area contributed by atoms with Crippen molar-refractivity contribution in [1.29, 1.82) is 0 Å². The molecule has 0 spiro atoms. The van der Waals surface area contributed by atoms with Crippen LogP contribution in [0.25, 0.3) is 0 Å². The number of sulfonamides is 1. The molecule has 1 heterocycles. The lowest BCUT2D eigenvalue weighted by molar-refractivity contribution is -0.135. The molecular formula is C22H26FN3O5S. The number of methoxy groups -OCH3 is 1. The lowest BCUT2D eigenvalue weighted by atomic mass is 9.95. The third-order valence-corrected chi connectivity index (χ3v) is 6.94. The summed E-state index contributed by atoms with van der Waals surface area (Å²) in [5.41, 5.74) is 0.578. The molecule has 0 bridgehead atoms. The highest BCUT2D eigenvalue weighted by Gasteiger charge is 2.32. The quantitative estimate of drug-likeness (QED) is 0.656. The molecule has 10 heteroatoms. The number of amides is 2. The van der Waals surface area contributed by atoms with Gasteiger partial charge < -0.3 is 15.0 Å². The van der Waals surface area contributed by atoms with Crippen LogP contribution in [0.4, 0.5) is 10.1 Å². The van der Waals surface area contributed by atoms with E-state index in [-0.39, 0.29) is 11.8 Å². The molecule has 172 valence electrons. The molecular weight excluding hydrogens is 437 g/mol. The Morgan fingerprint density at radius 1 is 1.09 bits per heavy atom. The average Bonchev–Trinajstić information content (AvgIpc) is 2.79. The van der Waals surface area contributed by atoms with E-state index < -0.39 is 32.7 Å². The fraction of sp³-hybridized carbons (Fsp3) is 0.364. The van der Waals surface area contributed by atoms with Gasteiger partial charge in [0.15, 0.2) is 0 Å². The molecule has 2 aromatic rings. The molecule has 1 saturated heterocycles. The van der Waals surface area contributed by atoms with Gasteiger partial charge in [-0.3, -0.25) is 9.59 Å². The zero-order valence-electron chi connectivity index (χ0n) is 17.9. The minimum Gasteiger partial charge on any atom is -0.495 e. The molecule has 8 nitrogen and oxygen atoms in total. The number of para-hydroxylation sites is 2. The van der Waals surface area contributed by atoms with Crippen LogP contribution < -0.4 is 14.8 Å². The van der Waals surface area contributed by atoms with Gasteiger partial charge >= 0.3 is 0 Å². The molecule has 0 saturated carbocycles. The van der Waals surface area contributed by atoms with Gasteiger partial charge in [0, 0.05) is 19.0 Å². The fourth-order valence-electron chi connectivity index (χ4n) is 3.63. The normalized spacial score (nSPS) is 15.8. The topological polar surface area (TPSA) is 105 Å². The summed E-state index contributed by atoms with van der Waals surface area (Å²) in [5.74, 6) is -1.19. The first-order valence-electron chi connectivity index (χ1n) is 10.2. The van der Waals surface area contributed by atoms with Crippen molar-refractivity contribution in [3.63, 3.8) is 0 Å². The molecule has 1 aliphatic heterocycles. The molecule has 0 radical (unpaired) electrons. The molecule has 32 heavy (non-hydrogen) atoms. The number of likely N-dealkylation sites (tertiary alicyclic amines) is 1. The summed E-state index contributed by atoms with van der Waals surface area (Å²) >= 11 is 0. The number of ether oxygens (including phenoxy) is 1. The first-order valence-corrected chi connectivity index (χ1v) is 11.7. The summed E-state index contributed by atoms with van der Waals surface area (Å²) < 4.78 is 46.2. The second kappa shape index (κ2) is 10.1. The number of halogens is 1. The summed E-state index contributed by atoms with van der Waals surface area (Å²) in [4.78, 5) is 26.4. The number of nitrogens with zero attached hydrogens (tertiary/aromatic N) is 1. The van der Waals surface area contributed by atoms with E-state index in [9.17, 15) is 22.4 Å². The Balaban J connectivity index is 1.56. The summed E-state index contributed by atoms with van der Waals surface area (Å²) in [6.45, 7) is 2.05. The first-order chi connectivity index (χ1) is 15.2. The van der Waals surface area contributed by atoms with Gasteiger partial charge in [0.1, 0.15) is 16.5 Å². The Bertz CT molecular complexity index is 1080. The Hall–Kier alpha value is -2.98. The number of carbonyl (C=O) groups is 2. The van der Waals surface area contributed by atoms with Gasteiger partial charge in [0.2, 0.25) is 21.8 Å². The maximum absolute atomic E-state index is 13.9. The Kier molecular flexibility index (Phi) is 7.47. The van der Waals surface area contributed by atoms with Crippen LogP contribution >= 0.6 is 0 Å². The third-order valence-electron chi connectivity index (χ3n) is 5.37. The van der Waals surface area contributed by atoms with Gasteiger partial charge in [-0.25, -0.2) is 12.8 Å². The predicted octanol–water partition coefficient (Wildman–Crippen LogP) is 2.38. The SMILES string of the molecule is COc1ccccc1NC(=O)C1CCN(C(=O)[C@H](C)NS(=O)(=O)c2ccccc2F)CC1. The van der Waals surface area contributed by atoms with Gasteiger partial charge in [-0.2, -0.15) is 4.72 Å². The number of carbonyl (C=O) groups excluding carboxylic acids is 2. The van der Waals surface area contributed by atoms with Crippen molar-refractivity contribution in [3.05, 3.63) is 54.3 Å². The van der Waals surface area contributed by atoms with Gasteiger partial charge in [0.05, 0.1) is 18.8 Å². The number of benzene rings is 2. The van der Waals surface area contributed by atoms with Crippen LogP contribution in [-0.2, 0) is 19.6 Å². The molecule has 0 aromatic heterocycles. The monoisotopic (exact) mass is 463 g/mol. The van der Waals surface area contributed by atoms with E-state index >= 15 is 0 Å². The van der Waals surface area contributed by atoms with Crippen molar-refractivity contribution in [2.45, 2.75) is 30.7 Å². The summed E-state index contributed by atoms with van der Waals surface area (Å²) in [6, 6.07) is 11.0. The lowest BCUT2D eigenvalue weighted by Crippen LogP contribution is -2.50.